The van der Waals surface area contributed by atoms with Gasteiger partial charge in [-0.1, -0.05) is 13.8 Å². The number of carbonyl (C=O) groups is 2. The fourth-order valence-corrected chi connectivity index (χ4v) is 1.96. The minimum absolute atomic E-state index is 0.0212. The van der Waals surface area contributed by atoms with Gasteiger partial charge in [0, 0.05) is 12.5 Å². The average molecular weight is 228 g/mol. The fraction of sp³-hybridized carbons (Fsp3) is 0.833. The van der Waals surface area contributed by atoms with Crippen molar-refractivity contribution in [1.29, 1.82) is 0 Å². The van der Waals surface area contributed by atoms with Crippen LogP contribution in [0.4, 0.5) is 0 Å². The molecule has 0 saturated carbocycles. The van der Waals surface area contributed by atoms with E-state index in [0.29, 0.717) is 19.8 Å². The first-order valence-corrected chi connectivity index (χ1v) is 5.86. The van der Waals surface area contributed by atoms with Gasteiger partial charge in [-0.25, -0.2) is 0 Å². The predicted octanol–water partition coefficient (Wildman–Crippen LogP) is 1.43. The van der Waals surface area contributed by atoms with Gasteiger partial charge < -0.3 is 9.47 Å². The van der Waals surface area contributed by atoms with Crippen LogP contribution in [0.5, 0.6) is 0 Å². The van der Waals surface area contributed by atoms with E-state index in [-0.39, 0.29) is 17.6 Å². The molecule has 1 aliphatic heterocycles. The van der Waals surface area contributed by atoms with Crippen molar-refractivity contribution in [1.82, 2.24) is 0 Å². The van der Waals surface area contributed by atoms with Crippen LogP contribution in [-0.4, -0.2) is 31.6 Å². The summed E-state index contributed by atoms with van der Waals surface area (Å²) in [6, 6.07) is 0. The summed E-state index contributed by atoms with van der Waals surface area (Å²) in [5, 5.41) is 0. The molecule has 0 spiro atoms. The monoisotopic (exact) mass is 228 g/mol. The normalized spacial score (nSPS) is 22.1. The minimum Gasteiger partial charge on any atom is -0.465 e. The van der Waals surface area contributed by atoms with E-state index in [4.69, 9.17) is 9.47 Å². The molecular weight excluding hydrogens is 208 g/mol. The molecule has 1 heterocycles. The van der Waals surface area contributed by atoms with Crippen molar-refractivity contribution in [2.45, 2.75) is 27.2 Å². The van der Waals surface area contributed by atoms with Crippen LogP contribution in [0.1, 0.15) is 27.2 Å². The number of hydrogen-bond acceptors (Lipinski definition) is 4. The van der Waals surface area contributed by atoms with Gasteiger partial charge in [0.05, 0.1) is 13.2 Å². The Labute approximate surface area is 96.3 Å². The zero-order valence-electron chi connectivity index (χ0n) is 10.2. The van der Waals surface area contributed by atoms with Crippen molar-refractivity contribution >= 4 is 11.8 Å². The average Bonchev–Trinajstić information content (AvgIpc) is 2.70. The molecule has 4 nitrogen and oxygen atoms in total. The van der Waals surface area contributed by atoms with E-state index in [1.54, 1.807) is 6.92 Å². The maximum Gasteiger partial charge on any atom is 0.316 e. The zero-order chi connectivity index (χ0) is 12.1. The lowest BCUT2D eigenvalue weighted by atomic mass is 9.84. The Morgan fingerprint density at radius 1 is 1.44 bits per heavy atom. The minimum atomic E-state index is -0.633. The molecule has 1 aliphatic rings. The van der Waals surface area contributed by atoms with Gasteiger partial charge in [0.15, 0.2) is 5.78 Å². The first-order chi connectivity index (χ1) is 7.57. The van der Waals surface area contributed by atoms with E-state index >= 15 is 0 Å². The third-order valence-electron chi connectivity index (χ3n) is 2.85. The second-order valence-electron chi connectivity index (χ2n) is 4.44. The highest BCUT2D eigenvalue weighted by molar-refractivity contribution is 6.00. The molecule has 0 N–H and O–H groups in total. The topological polar surface area (TPSA) is 52.6 Å². The molecule has 1 rings (SSSR count). The number of ether oxygens (including phenoxy) is 2. The molecule has 0 aromatic heterocycles. The lowest BCUT2D eigenvalue weighted by molar-refractivity contribution is -0.154. The summed E-state index contributed by atoms with van der Waals surface area (Å²) in [5.41, 5.74) is 0. The molecule has 0 radical (unpaired) electrons. The lowest BCUT2D eigenvalue weighted by Crippen LogP contribution is -2.35. The fourth-order valence-electron chi connectivity index (χ4n) is 1.96. The highest BCUT2D eigenvalue weighted by atomic mass is 16.5. The summed E-state index contributed by atoms with van der Waals surface area (Å²) in [6.45, 7) is 6.87. The van der Waals surface area contributed by atoms with Gasteiger partial charge in [0.25, 0.3) is 0 Å². The molecule has 0 amide bonds. The maximum absolute atomic E-state index is 12.1. The van der Waals surface area contributed by atoms with Gasteiger partial charge in [0.2, 0.25) is 0 Å². The van der Waals surface area contributed by atoms with Gasteiger partial charge in [0.1, 0.15) is 5.92 Å². The van der Waals surface area contributed by atoms with Crippen molar-refractivity contribution in [3.63, 3.8) is 0 Å². The SMILES string of the molecule is CCOC(=O)C(C(=O)C1CCOC1)C(C)C. The van der Waals surface area contributed by atoms with Crippen LogP contribution in [0.3, 0.4) is 0 Å². The van der Waals surface area contributed by atoms with Crippen LogP contribution in [0, 0.1) is 17.8 Å². The maximum atomic E-state index is 12.1. The number of carbonyl (C=O) groups excluding carboxylic acids is 2. The van der Waals surface area contributed by atoms with Crippen LogP contribution >= 0.6 is 0 Å². The number of ketones is 1. The molecule has 0 bridgehead atoms. The summed E-state index contributed by atoms with van der Waals surface area (Å²) in [6.07, 6.45) is 0.724. The van der Waals surface area contributed by atoms with Gasteiger partial charge in [-0.2, -0.15) is 0 Å². The van der Waals surface area contributed by atoms with Crippen LogP contribution < -0.4 is 0 Å². The molecule has 1 saturated heterocycles. The Morgan fingerprint density at radius 2 is 2.12 bits per heavy atom. The van der Waals surface area contributed by atoms with E-state index < -0.39 is 11.9 Å². The Hall–Kier alpha value is -0.900. The van der Waals surface area contributed by atoms with E-state index in [9.17, 15) is 9.59 Å². The molecule has 16 heavy (non-hydrogen) atoms. The summed E-state index contributed by atoms with van der Waals surface area (Å²) in [5.74, 6) is -1.20. The highest BCUT2D eigenvalue weighted by Gasteiger charge is 2.37. The van der Waals surface area contributed by atoms with Gasteiger partial charge in [-0.05, 0) is 19.3 Å². The van der Waals surface area contributed by atoms with Crippen molar-refractivity contribution in [2.24, 2.45) is 17.8 Å². The summed E-state index contributed by atoms with van der Waals surface area (Å²) in [7, 11) is 0. The first kappa shape index (κ1) is 13.2. The van der Waals surface area contributed by atoms with Gasteiger partial charge in [-0.3, -0.25) is 9.59 Å². The molecular formula is C12H20O4. The lowest BCUT2D eigenvalue weighted by Gasteiger charge is -2.20. The molecule has 0 aromatic rings. The van der Waals surface area contributed by atoms with Gasteiger partial charge in [-0.15, -0.1) is 0 Å². The first-order valence-electron chi connectivity index (χ1n) is 5.86. The Kier molecular flexibility index (Phi) is 4.93. The molecule has 4 heteroatoms. The quantitative estimate of drug-likeness (QED) is 0.527. The molecule has 1 fully saturated rings. The summed E-state index contributed by atoms with van der Waals surface area (Å²) in [4.78, 5) is 23.8. The standard InChI is InChI=1S/C12H20O4/c1-4-16-12(14)10(8(2)3)11(13)9-5-6-15-7-9/h8-10H,4-7H2,1-3H3. The van der Waals surface area contributed by atoms with E-state index in [2.05, 4.69) is 0 Å². The Morgan fingerprint density at radius 3 is 2.56 bits per heavy atom. The third kappa shape index (κ3) is 3.04. The van der Waals surface area contributed by atoms with Crippen molar-refractivity contribution < 1.29 is 19.1 Å². The zero-order valence-corrected chi connectivity index (χ0v) is 10.2. The number of rotatable bonds is 5. The largest absolute Gasteiger partial charge is 0.465 e. The van der Waals surface area contributed by atoms with Crippen LogP contribution in [0.15, 0.2) is 0 Å². The smallest absolute Gasteiger partial charge is 0.316 e. The second kappa shape index (κ2) is 5.99. The van der Waals surface area contributed by atoms with Crippen LogP contribution in [0.25, 0.3) is 0 Å². The third-order valence-corrected chi connectivity index (χ3v) is 2.85. The van der Waals surface area contributed by atoms with Gasteiger partial charge >= 0.3 is 5.97 Å². The van der Waals surface area contributed by atoms with E-state index in [1.165, 1.54) is 0 Å². The summed E-state index contributed by atoms with van der Waals surface area (Å²) >= 11 is 0. The second-order valence-corrected chi connectivity index (χ2v) is 4.44. The number of Topliss-reactive ketones (excluding diaryl/α,β-unsaturated/α-hetero) is 1. The number of hydrogen-bond donors (Lipinski definition) is 0. The Balaban J connectivity index is 2.68. The van der Waals surface area contributed by atoms with Crippen molar-refractivity contribution in [3.8, 4) is 0 Å². The predicted molar refractivity (Wildman–Crippen MR) is 58.9 cm³/mol. The molecule has 2 atom stereocenters. The molecule has 0 aromatic carbocycles. The van der Waals surface area contributed by atoms with Crippen LogP contribution in [0.2, 0.25) is 0 Å². The van der Waals surface area contributed by atoms with Crippen molar-refractivity contribution in [3.05, 3.63) is 0 Å². The number of esters is 1. The molecule has 92 valence electrons. The molecule has 2 unspecified atom stereocenters. The summed E-state index contributed by atoms with van der Waals surface area (Å²) < 4.78 is 10.1. The van der Waals surface area contributed by atoms with E-state index in [1.807, 2.05) is 13.8 Å². The van der Waals surface area contributed by atoms with E-state index in [0.717, 1.165) is 6.42 Å². The van der Waals surface area contributed by atoms with Crippen LogP contribution in [-0.2, 0) is 19.1 Å². The molecule has 0 aliphatic carbocycles. The highest BCUT2D eigenvalue weighted by Crippen LogP contribution is 2.23. The Bertz CT molecular complexity index is 254. The van der Waals surface area contributed by atoms with Crippen molar-refractivity contribution in [2.75, 3.05) is 19.8 Å².